The van der Waals surface area contributed by atoms with Crippen LogP contribution in [0.25, 0.3) is 0 Å². The van der Waals surface area contributed by atoms with E-state index in [4.69, 9.17) is 11.6 Å². The summed E-state index contributed by atoms with van der Waals surface area (Å²) in [6.07, 6.45) is 4.31. The molecule has 1 aromatic carbocycles. The quantitative estimate of drug-likeness (QED) is 0.805. The van der Waals surface area contributed by atoms with E-state index in [1.54, 1.807) is 0 Å². The van der Waals surface area contributed by atoms with E-state index in [0.29, 0.717) is 5.69 Å². The first-order chi connectivity index (χ1) is 8.93. The van der Waals surface area contributed by atoms with E-state index >= 15 is 0 Å². The van der Waals surface area contributed by atoms with E-state index in [2.05, 4.69) is 5.18 Å². The molecule has 0 bridgehead atoms. The molecule has 0 aromatic heterocycles. The summed E-state index contributed by atoms with van der Waals surface area (Å²) in [5, 5.41) is 3.08. The first-order valence-electron chi connectivity index (χ1n) is 6.05. The van der Waals surface area contributed by atoms with Gasteiger partial charge in [0.25, 0.3) is 0 Å². The lowest BCUT2D eigenvalue weighted by molar-refractivity contribution is 0.578. The van der Waals surface area contributed by atoms with Gasteiger partial charge in [0.05, 0.1) is 15.6 Å². The fourth-order valence-corrected chi connectivity index (χ4v) is 3.59. The molecule has 1 aliphatic heterocycles. The zero-order chi connectivity index (χ0) is 14.0. The highest BCUT2D eigenvalue weighted by Crippen LogP contribution is 2.37. The van der Waals surface area contributed by atoms with Gasteiger partial charge in [0, 0.05) is 19.3 Å². The van der Waals surface area contributed by atoms with Gasteiger partial charge in [-0.15, -0.1) is 4.91 Å². The van der Waals surface area contributed by atoms with Crippen molar-refractivity contribution < 1.29 is 8.42 Å². The van der Waals surface area contributed by atoms with Crippen molar-refractivity contribution in [2.24, 2.45) is 5.18 Å². The van der Waals surface area contributed by atoms with Gasteiger partial charge < -0.3 is 4.90 Å². The van der Waals surface area contributed by atoms with Crippen molar-refractivity contribution >= 4 is 32.8 Å². The van der Waals surface area contributed by atoms with Gasteiger partial charge in [0.15, 0.2) is 9.84 Å². The van der Waals surface area contributed by atoms with Gasteiger partial charge in [-0.2, -0.15) is 0 Å². The van der Waals surface area contributed by atoms with Gasteiger partial charge in [-0.1, -0.05) is 11.6 Å². The maximum atomic E-state index is 11.6. The summed E-state index contributed by atoms with van der Waals surface area (Å²) in [6, 6.07) is 2.79. The minimum Gasteiger partial charge on any atom is -0.370 e. The second-order valence-electron chi connectivity index (χ2n) is 4.68. The van der Waals surface area contributed by atoms with Crippen molar-refractivity contribution in [3.8, 4) is 0 Å². The second-order valence-corrected chi connectivity index (χ2v) is 7.07. The van der Waals surface area contributed by atoms with Gasteiger partial charge in [0.2, 0.25) is 0 Å². The zero-order valence-corrected chi connectivity index (χ0v) is 12.2. The van der Waals surface area contributed by atoms with E-state index < -0.39 is 9.84 Å². The van der Waals surface area contributed by atoms with Gasteiger partial charge in [0.1, 0.15) is 5.69 Å². The van der Waals surface area contributed by atoms with Crippen molar-refractivity contribution in [2.75, 3.05) is 24.2 Å². The molecule has 0 radical (unpaired) electrons. The Morgan fingerprint density at radius 1 is 1.21 bits per heavy atom. The molecule has 0 amide bonds. The molecule has 0 saturated carbocycles. The minimum absolute atomic E-state index is 0.0514. The van der Waals surface area contributed by atoms with Crippen molar-refractivity contribution in [3.05, 3.63) is 22.1 Å². The van der Waals surface area contributed by atoms with E-state index in [1.807, 2.05) is 4.90 Å². The van der Waals surface area contributed by atoms with E-state index in [9.17, 15) is 13.3 Å². The monoisotopic (exact) mass is 302 g/mol. The van der Waals surface area contributed by atoms with E-state index in [1.165, 1.54) is 12.1 Å². The first kappa shape index (κ1) is 14.3. The van der Waals surface area contributed by atoms with Crippen LogP contribution in [-0.4, -0.2) is 27.8 Å². The van der Waals surface area contributed by atoms with Crippen molar-refractivity contribution in [1.29, 1.82) is 0 Å². The normalized spacial score (nSPS) is 16.4. The molecule has 1 heterocycles. The fourth-order valence-electron chi connectivity index (χ4n) is 2.28. The summed E-state index contributed by atoms with van der Waals surface area (Å²) < 4.78 is 23.1. The Morgan fingerprint density at radius 3 is 2.37 bits per heavy atom. The molecule has 104 valence electrons. The number of nitroso groups, excluding NO2 is 1. The van der Waals surface area contributed by atoms with Crippen molar-refractivity contribution in [2.45, 2.75) is 24.2 Å². The summed E-state index contributed by atoms with van der Waals surface area (Å²) >= 11 is 6.01. The number of halogens is 1. The highest BCUT2D eigenvalue weighted by atomic mass is 35.5. The van der Waals surface area contributed by atoms with Gasteiger partial charge in [-0.05, 0) is 36.6 Å². The Balaban J connectivity index is 2.50. The Labute approximate surface area is 117 Å². The second kappa shape index (κ2) is 5.46. The smallest absolute Gasteiger partial charge is 0.177 e. The summed E-state index contributed by atoms with van der Waals surface area (Å²) in [4.78, 5) is 12.9. The molecule has 2 rings (SSSR count). The molecule has 19 heavy (non-hydrogen) atoms. The maximum absolute atomic E-state index is 11.6. The number of piperidine rings is 1. The lowest BCUT2D eigenvalue weighted by Crippen LogP contribution is -2.29. The van der Waals surface area contributed by atoms with Crippen LogP contribution in [0.5, 0.6) is 0 Å². The molecule has 1 aromatic rings. The molecule has 5 nitrogen and oxygen atoms in total. The summed E-state index contributed by atoms with van der Waals surface area (Å²) in [7, 11) is -3.46. The van der Waals surface area contributed by atoms with E-state index in [0.717, 1.165) is 38.6 Å². The number of hydrogen-bond acceptors (Lipinski definition) is 5. The Bertz CT molecular complexity index is 595. The number of anilines is 1. The van der Waals surface area contributed by atoms with E-state index in [-0.39, 0.29) is 15.6 Å². The molecule has 7 heteroatoms. The highest BCUT2D eigenvalue weighted by Gasteiger charge is 2.21. The van der Waals surface area contributed by atoms with Crippen LogP contribution >= 0.6 is 11.6 Å². The van der Waals surface area contributed by atoms with Crippen LogP contribution in [0.3, 0.4) is 0 Å². The van der Waals surface area contributed by atoms with Gasteiger partial charge in [-0.3, -0.25) is 0 Å². The molecule has 0 unspecified atom stereocenters. The molecular formula is C12H15ClN2O3S. The Morgan fingerprint density at radius 2 is 1.84 bits per heavy atom. The maximum Gasteiger partial charge on any atom is 0.177 e. The lowest BCUT2D eigenvalue weighted by Gasteiger charge is -2.29. The largest absolute Gasteiger partial charge is 0.370 e. The fraction of sp³-hybridized carbons (Fsp3) is 0.500. The van der Waals surface area contributed by atoms with Crippen molar-refractivity contribution in [3.63, 3.8) is 0 Å². The Kier molecular flexibility index (Phi) is 4.10. The zero-order valence-electron chi connectivity index (χ0n) is 10.6. The van der Waals surface area contributed by atoms with Crippen LogP contribution in [0.4, 0.5) is 11.4 Å². The highest BCUT2D eigenvalue weighted by molar-refractivity contribution is 7.90. The van der Waals surface area contributed by atoms with Gasteiger partial charge >= 0.3 is 0 Å². The number of sulfone groups is 1. The molecular weight excluding hydrogens is 288 g/mol. The average Bonchev–Trinajstić information content (AvgIpc) is 2.38. The molecule has 1 aliphatic rings. The topological polar surface area (TPSA) is 66.8 Å². The van der Waals surface area contributed by atoms with Crippen LogP contribution in [0.15, 0.2) is 22.2 Å². The third kappa shape index (κ3) is 3.06. The number of nitrogens with zero attached hydrogens (tertiary/aromatic N) is 2. The number of hydrogen-bond donors (Lipinski definition) is 0. The lowest BCUT2D eigenvalue weighted by atomic mass is 10.1. The summed E-state index contributed by atoms with van der Waals surface area (Å²) in [5.74, 6) is 0. The molecule has 0 aliphatic carbocycles. The number of rotatable bonds is 3. The predicted molar refractivity (Wildman–Crippen MR) is 76.1 cm³/mol. The van der Waals surface area contributed by atoms with Crippen LogP contribution in [-0.2, 0) is 9.84 Å². The van der Waals surface area contributed by atoms with Crippen LogP contribution in [0, 0.1) is 4.91 Å². The standard InChI is InChI=1S/C12H15ClN2O3S/c1-19(17,18)12-8-10(14-16)11(7-9(12)13)15-5-3-2-4-6-15/h7-8H,2-6H2,1H3. The van der Waals surface area contributed by atoms with Crippen LogP contribution in [0.1, 0.15) is 19.3 Å². The Hall–Kier alpha value is -1.14. The van der Waals surface area contributed by atoms with Crippen LogP contribution in [0.2, 0.25) is 5.02 Å². The SMILES string of the molecule is CS(=O)(=O)c1cc(N=O)c(N2CCCCC2)cc1Cl. The van der Waals surface area contributed by atoms with Gasteiger partial charge in [-0.25, -0.2) is 8.42 Å². The van der Waals surface area contributed by atoms with Crippen molar-refractivity contribution in [1.82, 2.24) is 0 Å². The van der Waals surface area contributed by atoms with Crippen LogP contribution < -0.4 is 4.90 Å². The third-order valence-electron chi connectivity index (χ3n) is 3.22. The molecule has 0 N–H and O–H groups in total. The minimum atomic E-state index is -3.46. The molecule has 0 spiro atoms. The molecule has 1 saturated heterocycles. The average molecular weight is 303 g/mol. The molecule has 0 atom stereocenters. The first-order valence-corrected chi connectivity index (χ1v) is 8.32. The third-order valence-corrected chi connectivity index (χ3v) is 4.79. The summed E-state index contributed by atoms with van der Waals surface area (Å²) in [6.45, 7) is 1.66. The predicted octanol–water partition coefficient (Wildman–Crippen LogP) is 3.13. The summed E-state index contributed by atoms with van der Waals surface area (Å²) in [5.41, 5.74) is 0.749. The molecule has 1 fully saturated rings. The number of benzene rings is 1.